The average molecular weight is 282 g/mol. The summed E-state index contributed by atoms with van der Waals surface area (Å²) >= 11 is 3.44. The molecule has 2 rings (SSSR count). The number of aromatic nitrogens is 4. The molecule has 0 saturated carbocycles. The van der Waals surface area contributed by atoms with Gasteiger partial charge in [0.1, 0.15) is 18.0 Å². The summed E-state index contributed by atoms with van der Waals surface area (Å²) in [6.07, 6.45) is 1.49. The zero-order valence-electron chi connectivity index (χ0n) is 9.03. The second kappa shape index (κ2) is 4.61. The molecule has 0 spiro atoms. The molecule has 6 heteroatoms. The van der Waals surface area contributed by atoms with Gasteiger partial charge in [-0.1, -0.05) is 15.9 Å². The third-order valence-electron chi connectivity index (χ3n) is 2.13. The molecule has 5 nitrogen and oxygen atoms in total. The Morgan fingerprint density at radius 2 is 2.25 bits per heavy atom. The van der Waals surface area contributed by atoms with E-state index in [-0.39, 0.29) is 6.04 Å². The monoisotopic (exact) mass is 281 g/mol. The molecular formula is C10H12BrN5. The van der Waals surface area contributed by atoms with Gasteiger partial charge in [-0.3, -0.25) is 5.10 Å². The molecule has 2 aromatic heterocycles. The Labute approximate surface area is 102 Å². The summed E-state index contributed by atoms with van der Waals surface area (Å²) in [7, 11) is 0. The van der Waals surface area contributed by atoms with Gasteiger partial charge in [-0.25, -0.2) is 9.97 Å². The van der Waals surface area contributed by atoms with Crippen molar-refractivity contribution in [3.05, 3.63) is 34.5 Å². The van der Waals surface area contributed by atoms with Crippen LogP contribution >= 0.6 is 15.9 Å². The third-order valence-corrected chi connectivity index (χ3v) is 2.58. The molecule has 0 saturated heterocycles. The quantitative estimate of drug-likeness (QED) is 0.907. The van der Waals surface area contributed by atoms with Crippen molar-refractivity contribution >= 4 is 21.7 Å². The number of aromatic amines is 1. The number of pyridine rings is 1. The van der Waals surface area contributed by atoms with E-state index in [2.05, 4.69) is 41.4 Å². The Morgan fingerprint density at radius 3 is 2.88 bits per heavy atom. The smallest absolute Gasteiger partial charge is 0.146 e. The van der Waals surface area contributed by atoms with Gasteiger partial charge in [0.2, 0.25) is 0 Å². The van der Waals surface area contributed by atoms with Crippen LogP contribution in [0.4, 0.5) is 5.82 Å². The molecule has 0 fully saturated rings. The number of halogens is 1. The number of nitrogens with zero attached hydrogens (tertiary/aromatic N) is 3. The first-order valence-corrected chi connectivity index (χ1v) is 5.70. The van der Waals surface area contributed by atoms with Crippen molar-refractivity contribution < 1.29 is 0 Å². The van der Waals surface area contributed by atoms with Crippen molar-refractivity contribution in [2.45, 2.75) is 19.9 Å². The number of anilines is 1. The van der Waals surface area contributed by atoms with Crippen LogP contribution in [-0.2, 0) is 0 Å². The second-order valence-corrected chi connectivity index (χ2v) is 4.46. The number of H-pyrrole nitrogens is 1. The van der Waals surface area contributed by atoms with E-state index >= 15 is 0 Å². The van der Waals surface area contributed by atoms with Crippen LogP contribution in [0.1, 0.15) is 24.5 Å². The predicted molar refractivity (Wildman–Crippen MR) is 65.1 cm³/mol. The van der Waals surface area contributed by atoms with Gasteiger partial charge in [0.05, 0.1) is 6.04 Å². The fourth-order valence-corrected chi connectivity index (χ4v) is 1.96. The van der Waals surface area contributed by atoms with E-state index in [0.717, 1.165) is 21.8 Å². The van der Waals surface area contributed by atoms with Crippen molar-refractivity contribution in [1.82, 2.24) is 20.2 Å². The first-order chi connectivity index (χ1) is 7.65. The molecular weight excluding hydrogens is 270 g/mol. The molecule has 0 amide bonds. The van der Waals surface area contributed by atoms with E-state index < -0.39 is 0 Å². The lowest BCUT2D eigenvalue weighted by Gasteiger charge is -2.12. The van der Waals surface area contributed by atoms with Gasteiger partial charge in [0.15, 0.2) is 0 Å². The molecule has 0 aromatic carbocycles. The summed E-state index contributed by atoms with van der Waals surface area (Å²) < 4.78 is 1.01. The minimum Gasteiger partial charge on any atom is -0.360 e. The minimum atomic E-state index is 0.0451. The summed E-state index contributed by atoms with van der Waals surface area (Å²) in [6.45, 7) is 3.95. The van der Waals surface area contributed by atoms with Crippen LogP contribution in [0.3, 0.4) is 0 Å². The molecule has 1 unspecified atom stereocenters. The Kier molecular flexibility index (Phi) is 3.19. The van der Waals surface area contributed by atoms with Crippen LogP contribution in [-0.4, -0.2) is 20.2 Å². The van der Waals surface area contributed by atoms with E-state index in [1.54, 1.807) is 0 Å². The number of aryl methyl sites for hydroxylation is 1. The van der Waals surface area contributed by atoms with Gasteiger partial charge in [0, 0.05) is 10.2 Å². The molecule has 2 heterocycles. The Balaban J connectivity index is 2.15. The topological polar surface area (TPSA) is 66.5 Å². The number of rotatable bonds is 3. The fraction of sp³-hybridized carbons (Fsp3) is 0.300. The van der Waals surface area contributed by atoms with Crippen molar-refractivity contribution in [3.8, 4) is 0 Å². The van der Waals surface area contributed by atoms with E-state index in [1.807, 2.05) is 26.0 Å². The first kappa shape index (κ1) is 11.1. The maximum Gasteiger partial charge on any atom is 0.146 e. The summed E-state index contributed by atoms with van der Waals surface area (Å²) in [5.74, 6) is 1.61. The standard InChI is InChI=1S/C10H12BrN5/c1-6-3-8(11)4-9(14-6)15-7(2)10-12-5-13-16-10/h3-5,7H,1-2H3,(H,14,15)(H,12,13,16). The first-order valence-electron chi connectivity index (χ1n) is 4.91. The number of hydrogen-bond acceptors (Lipinski definition) is 4. The highest BCUT2D eigenvalue weighted by Crippen LogP contribution is 2.19. The van der Waals surface area contributed by atoms with Crippen LogP contribution in [0.25, 0.3) is 0 Å². The molecule has 2 N–H and O–H groups in total. The summed E-state index contributed by atoms with van der Waals surface area (Å²) in [6, 6.07) is 3.94. The van der Waals surface area contributed by atoms with Crippen LogP contribution < -0.4 is 5.32 Å². The van der Waals surface area contributed by atoms with Gasteiger partial charge >= 0.3 is 0 Å². The lowest BCUT2D eigenvalue weighted by atomic mass is 10.3. The van der Waals surface area contributed by atoms with Crippen LogP contribution in [0.2, 0.25) is 0 Å². The lowest BCUT2D eigenvalue weighted by Crippen LogP contribution is -2.10. The fourth-order valence-electron chi connectivity index (χ4n) is 1.41. The van der Waals surface area contributed by atoms with Gasteiger partial charge < -0.3 is 5.32 Å². The van der Waals surface area contributed by atoms with Crippen molar-refractivity contribution in [1.29, 1.82) is 0 Å². The summed E-state index contributed by atoms with van der Waals surface area (Å²) in [5, 5.41) is 9.89. The third kappa shape index (κ3) is 2.57. The maximum absolute atomic E-state index is 4.38. The van der Waals surface area contributed by atoms with E-state index in [1.165, 1.54) is 6.33 Å². The van der Waals surface area contributed by atoms with E-state index in [9.17, 15) is 0 Å². The highest BCUT2D eigenvalue weighted by molar-refractivity contribution is 9.10. The number of nitrogens with one attached hydrogen (secondary N) is 2. The minimum absolute atomic E-state index is 0.0451. The largest absolute Gasteiger partial charge is 0.360 e. The summed E-state index contributed by atoms with van der Waals surface area (Å²) in [5.41, 5.74) is 0.960. The Bertz CT molecular complexity index is 448. The van der Waals surface area contributed by atoms with E-state index in [0.29, 0.717) is 0 Å². The Hall–Kier alpha value is -1.43. The molecule has 0 radical (unpaired) electrons. The molecule has 1 atom stereocenters. The zero-order valence-corrected chi connectivity index (χ0v) is 10.6. The van der Waals surface area contributed by atoms with E-state index in [4.69, 9.17) is 0 Å². The Morgan fingerprint density at radius 1 is 1.44 bits per heavy atom. The lowest BCUT2D eigenvalue weighted by molar-refractivity contribution is 0.789. The average Bonchev–Trinajstić information content (AvgIpc) is 2.68. The van der Waals surface area contributed by atoms with Crippen molar-refractivity contribution in [3.63, 3.8) is 0 Å². The van der Waals surface area contributed by atoms with Crippen LogP contribution in [0.15, 0.2) is 22.9 Å². The molecule has 2 aromatic rings. The highest BCUT2D eigenvalue weighted by Gasteiger charge is 2.09. The van der Waals surface area contributed by atoms with Gasteiger partial charge in [0.25, 0.3) is 0 Å². The molecule has 0 aliphatic carbocycles. The molecule has 84 valence electrons. The molecule has 0 bridgehead atoms. The maximum atomic E-state index is 4.38. The highest BCUT2D eigenvalue weighted by atomic mass is 79.9. The zero-order chi connectivity index (χ0) is 11.5. The van der Waals surface area contributed by atoms with Gasteiger partial charge in [-0.05, 0) is 26.0 Å². The molecule has 0 aliphatic rings. The van der Waals surface area contributed by atoms with Crippen LogP contribution in [0.5, 0.6) is 0 Å². The molecule has 16 heavy (non-hydrogen) atoms. The SMILES string of the molecule is Cc1cc(Br)cc(NC(C)c2ncn[nH]2)n1. The van der Waals surface area contributed by atoms with Crippen molar-refractivity contribution in [2.24, 2.45) is 0 Å². The van der Waals surface area contributed by atoms with Crippen LogP contribution in [0, 0.1) is 6.92 Å². The summed E-state index contributed by atoms with van der Waals surface area (Å²) in [4.78, 5) is 8.47. The van der Waals surface area contributed by atoms with Gasteiger partial charge in [-0.2, -0.15) is 5.10 Å². The van der Waals surface area contributed by atoms with Gasteiger partial charge in [-0.15, -0.1) is 0 Å². The van der Waals surface area contributed by atoms with Crippen molar-refractivity contribution in [2.75, 3.05) is 5.32 Å². The predicted octanol–water partition coefficient (Wildman–Crippen LogP) is 2.44. The number of hydrogen-bond donors (Lipinski definition) is 2. The second-order valence-electron chi connectivity index (χ2n) is 3.55. The normalized spacial score (nSPS) is 12.4. The molecule has 0 aliphatic heterocycles.